The minimum Gasteiger partial charge on any atom is -0.508 e. The Hall–Kier alpha value is -3.52. The highest BCUT2D eigenvalue weighted by Crippen LogP contribution is 2.14. The van der Waals surface area contributed by atoms with E-state index in [2.05, 4.69) is 44.2 Å². The highest BCUT2D eigenvalue weighted by atomic mass is 16.5. The molecule has 4 aromatic carbocycles. The summed E-state index contributed by atoms with van der Waals surface area (Å²) >= 11 is 0. The second-order valence-corrected chi connectivity index (χ2v) is 7.03. The number of ether oxygens (including phenoxy) is 1. The fraction of sp³-hybridized carbons (Fsp3) is 0.143. The lowest BCUT2D eigenvalue weighted by atomic mass is 10.2. The molecule has 0 aromatic heterocycles. The number of aromatic hydroxyl groups is 1. The molecule has 0 saturated carbocycles. The zero-order valence-electron chi connectivity index (χ0n) is 18.0. The number of phenolic OH excluding ortho intramolecular Hbond substituents is 1. The summed E-state index contributed by atoms with van der Waals surface area (Å²) in [7, 11) is 0. The van der Waals surface area contributed by atoms with Crippen LogP contribution in [0, 0.1) is 20.8 Å². The Balaban J connectivity index is 0.000000179. The van der Waals surface area contributed by atoms with E-state index in [1.165, 1.54) is 16.7 Å². The van der Waals surface area contributed by atoms with Crippen LogP contribution in [0.3, 0.4) is 0 Å². The molecular weight excluding hydrogens is 368 g/mol. The molecule has 4 rings (SSSR count). The normalized spacial score (nSPS) is 9.43. The van der Waals surface area contributed by atoms with Gasteiger partial charge in [-0.15, -0.1) is 0 Å². The Labute approximate surface area is 180 Å². The van der Waals surface area contributed by atoms with Crippen LogP contribution >= 0.6 is 0 Å². The molecule has 0 saturated heterocycles. The molecule has 154 valence electrons. The van der Waals surface area contributed by atoms with E-state index in [0.29, 0.717) is 12.4 Å². The van der Waals surface area contributed by atoms with E-state index in [9.17, 15) is 0 Å². The first-order chi connectivity index (χ1) is 14.5. The summed E-state index contributed by atoms with van der Waals surface area (Å²) in [4.78, 5) is 0. The number of para-hydroxylation sites is 1. The summed E-state index contributed by atoms with van der Waals surface area (Å²) < 4.78 is 5.67. The maximum absolute atomic E-state index is 8.92. The average molecular weight is 399 g/mol. The van der Waals surface area contributed by atoms with E-state index in [-0.39, 0.29) is 0 Å². The van der Waals surface area contributed by atoms with Crippen molar-refractivity contribution in [1.29, 1.82) is 0 Å². The minimum atomic E-state index is 0.368. The van der Waals surface area contributed by atoms with Crippen molar-refractivity contribution in [3.63, 3.8) is 0 Å². The summed E-state index contributed by atoms with van der Waals surface area (Å²) in [6.45, 7) is 6.65. The molecule has 0 fully saturated rings. The molecule has 0 heterocycles. The second kappa shape index (κ2) is 12.8. The fourth-order valence-electron chi connectivity index (χ4n) is 2.54. The third-order valence-electron chi connectivity index (χ3n) is 4.29. The quantitative estimate of drug-likeness (QED) is 0.393. The average Bonchev–Trinajstić information content (AvgIpc) is 2.77. The van der Waals surface area contributed by atoms with Crippen molar-refractivity contribution < 1.29 is 9.84 Å². The summed E-state index contributed by atoms with van der Waals surface area (Å²) in [5.41, 5.74) is 4.66. The molecule has 0 bridgehead atoms. The van der Waals surface area contributed by atoms with Crippen molar-refractivity contribution in [1.82, 2.24) is 0 Å². The van der Waals surface area contributed by atoms with Gasteiger partial charge in [-0.25, -0.2) is 0 Å². The van der Waals surface area contributed by atoms with Gasteiger partial charge in [-0.2, -0.15) is 0 Å². The van der Waals surface area contributed by atoms with Crippen LogP contribution < -0.4 is 4.74 Å². The van der Waals surface area contributed by atoms with Gasteiger partial charge in [0.25, 0.3) is 0 Å². The number of phenols is 1. The maximum atomic E-state index is 8.92. The van der Waals surface area contributed by atoms with Gasteiger partial charge in [0.1, 0.15) is 18.1 Å². The lowest BCUT2D eigenvalue weighted by Gasteiger charge is -2.06. The van der Waals surface area contributed by atoms with Crippen molar-refractivity contribution in [3.8, 4) is 11.5 Å². The third kappa shape index (κ3) is 9.11. The Morgan fingerprint density at radius 1 is 0.600 bits per heavy atom. The monoisotopic (exact) mass is 398 g/mol. The van der Waals surface area contributed by atoms with E-state index >= 15 is 0 Å². The summed E-state index contributed by atoms with van der Waals surface area (Å²) in [6, 6.07) is 35.8. The van der Waals surface area contributed by atoms with Crippen molar-refractivity contribution >= 4 is 0 Å². The number of hydrogen-bond acceptors (Lipinski definition) is 2. The van der Waals surface area contributed by atoms with Crippen molar-refractivity contribution in [2.24, 2.45) is 0 Å². The SMILES string of the molecule is Cc1cccc(OCc2ccccc2)c1.Cc1ccccc1.Cc1ccccc1O. The van der Waals surface area contributed by atoms with Gasteiger partial charge in [0, 0.05) is 0 Å². The Morgan fingerprint density at radius 2 is 1.17 bits per heavy atom. The molecule has 0 amide bonds. The standard InChI is InChI=1S/C14H14O.C7H8O.C7H8/c1-12-6-5-9-14(10-12)15-11-13-7-3-2-4-8-13;1-6-4-2-3-5-7(6)8;1-7-5-3-2-4-6-7/h2-10H,11H2,1H3;2-5,8H,1H3;2-6H,1H3. The highest BCUT2D eigenvalue weighted by molar-refractivity contribution is 5.30. The first-order valence-electron chi connectivity index (χ1n) is 10.0. The predicted molar refractivity (Wildman–Crippen MR) is 126 cm³/mol. The largest absolute Gasteiger partial charge is 0.508 e. The topological polar surface area (TPSA) is 29.5 Å². The lowest BCUT2D eigenvalue weighted by molar-refractivity contribution is 0.306. The summed E-state index contributed by atoms with van der Waals surface area (Å²) in [5.74, 6) is 1.30. The molecule has 0 spiro atoms. The van der Waals surface area contributed by atoms with Gasteiger partial charge < -0.3 is 9.84 Å². The summed E-state index contributed by atoms with van der Waals surface area (Å²) in [6.07, 6.45) is 0. The Kier molecular flexibility index (Phi) is 9.75. The second-order valence-electron chi connectivity index (χ2n) is 7.03. The lowest BCUT2D eigenvalue weighted by Crippen LogP contribution is -1.94. The van der Waals surface area contributed by atoms with Crippen molar-refractivity contribution in [2.75, 3.05) is 0 Å². The number of rotatable bonds is 3. The molecule has 0 unspecified atom stereocenters. The maximum Gasteiger partial charge on any atom is 0.120 e. The number of hydrogen-bond donors (Lipinski definition) is 1. The molecule has 0 aliphatic carbocycles. The predicted octanol–water partition coefficient (Wildman–Crippen LogP) is 7.27. The highest BCUT2D eigenvalue weighted by Gasteiger charge is 1.95. The third-order valence-corrected chi connectivity index (χ3v) is 4.29. The fourth-order valence-corrected chi connectivity index (χ4v) is 2.54. The number of benzene rings is 4. The Bertz CT molecular complexity index is 958. The molecule has 1 N–H and O–H groups in total. The van der Waals surface area contributed by atoms with Crippen LogP contribution in [0.5, 0.6) is 11.5 Å². The molecule has 0 aliphatic heterocycles. The van der Waals surface area contributed by atoms with Gasteiger partial charge in [-0.1, -0.05) is 96.6 Å². The first kappa shape index (κ1) is 22.8. The van der Waals surface area contributed by atoms with Crippen LogP contribution in [0.25, 0.3) is 0 Å². The van der Waals surface area contributed by atoms with Crippen molar-refractivity contribution in [3.05, 3.63) is 131 Å². The van der Waals surface area contributed by atoms with E-state index < -0.39 is 0 Å². The van der Waals surface area contributed by atoms with Crippen LogP contribution in [0.4, 0.5) is 0 Å². The van der Waals surface area contributed by atoms with Crippen LogP contribution in [-0.2, 0) is 6.61 Å². The van der Waals surface area contributed by atoms with Gasteiger partial charge in [0.15, 0.2) is 0 Å². The number of aryl methyl sites for hydroxylation is 3. The molecule has 0 radical (unpaired) electrons. The molecule has 4 aromatic rings. The van der Waals surface area contributed by atoms with E-state index in [1.54, 1.807) is 6.07 Å². The zero-order chi connectivity index (χ0) is 21.6. The molecule has 2 heteroatoms. The van der Waals surface area contributed by atoms with Gasteiger partial charge >= 0.3 is 0 Å². The van der Waals surface area contributed by atoms with Gasteiger partial charge in [0.05, 0.1) is 0 Å². The van der Waals surface area contributed by atoms with Crippen LogP contribution in [0.1, 0.15) is 22.3 Å². The van der Waals surface area contributed by atoms with Gasteiger partial charge in [-0.05, 0) is 55.7 Å². The summed E-state index contributed by atoms with van der Waals surface area (Å²) in [5, 5.41) is 8.92. The Morgan fingerprint density at radius 3 is 1.67 bits per heavy atom. The van der Waals surface area contributed by atoms with Crippen LogP contribution in [0.2, 0.25) is 0 Å². The van der Waals surface area contributed by atoms with Gasteiger partial charge in [-0.3, -0.25) is 0 Å². The molecule has 30 heavy (non-hydrogen) atoms. The smallest absolute Gasteiger partial charge is 0.120 e. The molecule has 2 nitrogen and oxygen atoms in total. The van der Waals surface area contributed by atoms with Crippen LogP contribution in [0.15, 0.2) is 109 Å². The van der Waals surface area contributed by atoms with Gasteiger partial charge in [0.2, 0.25) is 0 Å². The van der Waals surface area contributed by atoms with Crippen LogP contribution in [-0.4, -0.2) is 5.11 Å². The first-order valence-corrected chi connectivity index (χ1v) is 10.0. The zero-order valence-corrected chi connectivity index (χ0v) is 18.0. The van der Waals surface area contributed by atoms with E-state index in [0.717, 1.165) is 11.3 Å². The van der Waals surface area contributed by atoms with E-state index in [1.807, 2.05) is 79.7 Å². The molecule has 0 aliphatic rings. The van der Waals surface area contributed by atoms with E-state index in [4.69, 9.17) is 9.84 Å². The van der Waals surface area contributed by atoms with Crippen molar-refractivity contribution in [2.45, 2.75) is 27.4 Å². The minimum absolute atomic E-state index is 0.368. The molecular formula is C28H30O2. The molecule has 0 atom stereocenters.